The van der Waals surface area contributed by atoms with Crippen molar-refractivity contribution in [3.05, 3.63) is 66.0 Å². The van der Waals surface area contributed by atoms with Crippen molar-refractivity contribution in [2.45, 2.75) is 32.4 Å². The summed E-state index contributed by atoms with van der Waals surface area (Å²) in [4.78, 5) is 5.01. The minimum absolute atomic E-state index is 0.568. The van der Waals surface area contributed by atoms with E-state index in [1.54, 1.807) is 0 Å². The van der Waals surface area contributed by atoms with Crippen LogP contribution in [0.15, 0.2) is 54.9 Å². The highest BCUT2D eigenvalue weighted by Gasteiger charge is 2.29. The van der Waals surface area contributed by atoms with Crippen LogP contribution in [0.5, 0.6) is 0 Å². The van der Waals surface area contributed by atoms with Crippen molar-refractivity contribution in [3.8, 4) is 0 Å². The zero-order valence-electron chi connectivity index (χ0n) is 13.3. The van der Waals surface area contributed by atoms with Gasteiger partial charge in [-0.15, -0.1) is 0 Å². The van der Waals surface area contributed by atoms with E-state index < -0.39 is 0 Å². The Kier molecular flexibility index (Phi) is 4.23. The molecule has 116 valence electrons. The Balaban J connectivity index is 1.70. The quantitative estimate of drug-likeness (QED) is 0.904. The van der Waals surface area contributed by atoms with E-state index in [9.17, 15) is 0 Å². The monoisotopic (exact) mass is 295 g/mol. The molecule has 3 rings (SSSR count). The molecule has 1 aromatic rings. The summed E-state index contributed by atoms with van der Waals surface area (Å²) >= 11 is 0. The van der Waals surface area contributed by atoms with E-state index >= 15 is 0 Å². The van der Waals surface area contributed by atoms with E-state index in [0.29, 0.717) is 11.7 Å². The lowest BCUT2D eigenvalue weighted by Crippen LogP contribution is -2.33. The van der Waals surface area contributed by atoms with Crippen molar-refractivity contribution in [3.63, 3.8) is 0 Å². The first-order valence-electron chi connectivity index (χ1n) is 8.13. The van der Waals surface area contributed by atoms with Crippen LogP contribution in [-0.4, -0.2) is 28.9 Å². The molecule has 2 aliphatic rings. The number of fused-ring (bicyclic) bond motifs is 1. The second-order valence-electron chi connectivity index (χ2n) is 6.10. The normalized spacial score (nSPS) is 20.0. The first-order chi connectivity index (χ1) is 10.7. The maximum absolute atomic E-state index is 5.73. The summed E-state index contributed by atoms with van der Waals surface area (Å²) in [5, 5.41) is 0. The smallest absolute Gasteiger partial charge is 0.105 e. The van der Waals surface area contributed by atoms with Gasteiger partial charge >= 0.3 is 0 Å². The molecule has 0 amide bonds. The molecule has 0 aliphatic carbocycles. The molecule has 0 aromatic heterocycles. The number of nitrogens with two attached hydrogens (primary N) is 1. The van der Waals surface area contributed by atoms with Crippen LogP contribution in [0.2, 0.25) is 0 Å². The van der Waals surface area contributed by atoms with Crippen molar-refractivity contribution < 1.29 is 0 Å². The number of allylic oxidation sites excluding steroid dienone is 2. The first kappa shape index (κ1) is 14.8. The van der Waals surface area contributed by atoms with Gasteiger partial charge in [-0.25, -0.2) is 0 Å². The highest BCUT2D eigenvalue weighted by Crippen LogP contribution is 2.28. The Hall–Kier alpha value is -2.16. The number of benzene rings is 1. The summed E-state index contributed by atoms with van der Waals surface area (Å²) in [5.41, 5.74) is 8.68. The standard InChI is InChI=1S/C19H25N3/c1-3-5-18-6-4-7-19-21(12-13-22(18)19)14-16-8-10-17(11-9-16)15(2)20/h4,6-11,18H,2-3,5,12-14,20H2,1H3. The lowest BCUT2D eigenvalue weighted by molar-refractivity contribution is 0.280. The summed E-state index contributed by atoms with van der Waals surface area (Å²) in [5.74, 6) is 1.37. The molecule has 0 spiro atoms. The van der Waals surface area contributed by atoms with E-state index in [2.05, 4.69) is 65.8 Å². The van der Waals surface area contributed by atoms with Gasteiger partial charge in [0.1, 0.15) is 5.82 Å². The van der Waals surface area contributed by atoms with Crippen LogP contribution in [0.3, 0.4) is 0 Å². The number of hydrogen-bond acceptors (Lipinski definition) is 3. The molecule has 1 unspecified atom stereocenters. The summed E-state index contributed by atoms with van der Waals surface area (Å²) in [6.45, 7) is 9.21. The van der Waals surface area contributed by atoms with Crippen LogP contribution in [0.1, 0.15) is 30.9 Å². The van der Waals surface area contributed by atoms with Gasteiger partial charge < -0.3 is 15.5 Å². The third kappa shape index (κ3) is 2.89. The molecular weight excluding hydrogens is 270 g/mol. The first-order valence-corrected chi connectivity index (χ1v) is 8.13. The van der Waals surface area contributed by atoms with Crippen LogP contribution in [0, 0.1) is 0 Å². The van der Waals surface area contributed by atoms with Gasteiger partial charge in [0.05, 0.1) is 0 Å². The maximum atomic E-state index is 5.73. The van der Waals surface area contributed by atoms with Gasteiger partial charge in [-0.05, 0) is 23.6 Å². The minimum atomic E-state index is 0.568. The molecule has 1 saturated heterocycles. The molecular formula is C19H25N3. The van der Waals surface area contributed by atoms with Gasteiger partial charge in [0.2, 0.25) is 0 Å². The topological polar surface area (TPSA) is 32.5 Å². The molecule has 0 saturated carbocycles. The average molecular weight is 295 g/mol. The third-order valence-electron chi connectivity index (χ3n) is 4.49. The SMILES string of the molecule is C=C(N)c1ccc(CN2CCN3C2=CC=CC3CCC)cc1. The Bertz CT molecular complexity index is 598. The van der Waals surface area contributed by atoms with Crippen molar-refractivity contribution >= 4 is 5.70 Å². The molecule has 22 heavy (non-hydrogen) atoms. The zero-order valence-corrected chi connectivity index (χ0v) is 13.3. The van der Waals surface area contributed by atoms with Crippen LogP contribution < -0.4 is 5.73 Å². The van der Waals surface area contributed by atoms with Crippen molar-refractivity contribution in [1.82, 2.24) is 9.80 Å². The van der Waals surface area contributed by atoms with E-state index in [0.717, 1.165) is 25.2 Å². The van der Waals surface area contributed by atoms with Crippen molar-refractivity contribution in [2.75, 3.05) is 13.1 Å². The molecule has 2 aliphatic heterocycles. The van der Waals surface area contributed by atoms with E-state index in [-0.39, 0.29) is 0 Å². The van der Waals surface area contributed by atoms with Crippen LogP contribution in [0.25, 0.3) is 5.70 Å². The summed E-state index contributed by atoms with van der Waals surface area (Å²) in [7, 11) is 0. The molecule has 3 nitrogen and oxygen atoms in total. The lowest BCUT2D eigenvalue weighted by atomic mass is 10.1. The number of hydrogen-bond donors (Lipinski definition) is 1. The minimum Gasteiger partial charge on any atom is -0.399 e. The maximum Gasteiger partial charge on any atom is 0.105 e. The molecule has 0 radical (unpaired) electrons. The molecule has 0 bridgehead atoms. The fourth-order valence-corrected chi connectivity index (χ4v) is 3.30. The van der Waals surface area contributed by atoms with Crippen LogP contribution in [-0.2, 0) is 6.54 Å². The number of nitrogens with zero attached hydrogens (tertiary/aromatic N) is 2. The van der Waals surface area contributed by atoms with Gasteiger partial charge in [0.15, 0.2) is 0 Å². The van der Waals surface area contributed by atoms with Gasteiger partial charge in [0, 0.05) is 31.4 Å². The Morgan fingerprint density at radius 1 is 1.27 bits per heavy atom. The highest BCUT2D eigenvalue weighted by molar-refractivity contribution is 5.60. The Morgan fingerprint density at radius 3 is 2.73 bits per heavy atom. The van der Waals surface area contributed by atoms with Crippen LogP contribution >= 0.6 is 0 Å². The van der Waals surface area contributed by atoms with Gasteiger partial charge in [0.25, 0.3) is 0 Å². The summed E-state index contributed by atoms with van der Waals surface area (Å²) in [6.07, 6.45) is 9.25. The van der Waals surface area contributed by atoms with Gasteiger partial charge in [-0.3, -0.25) is 0 Å². The molecule has 3 heteroatoms. The fourth-order valence-electron chi connectivity index (χ4n) is 3.30. The molecule has 1 atom stereocenters. The fraction of sp³-hybridized carbons (Fsp3) is 0.368. The second kappa shape index (κ2) is 6.30. The van der Waals surface area contributed by atoms with E-state index in [1.807, 2.05) is 0 Å². The van der Waals surface area contributed by atoms with E-state index in [4.69, 9.17) is 5.73 Å². The molecule has 1 fully saturated rings. The Morgan fingerprint density at radius 2 is 2.05 bits per heavy atom. The predicted molar refractivity (Wildman–Crippen MR) is 92.7 cm³/mol. The molecule has 2 N–H and O–H groups in total. The van der Waals surface area contributed by atoms with Crippen LogP contribution in [0.4, 0.5) is 0 Å². The second-order valence-corrected chi connectivity index (χ2v) is 6.10. The van der Waals surface area contributed by atoms with Crippen molar-refractivity contribution in [1.29, 1.82) is 0 Å². The Labute approximate surface area is 133 Å². The predicted octanol–water partition coefficient (Wildman–Crippen LogP) is 3.31. The largest absolute Gasteiger partial charge is 0.399 e. The van der Waals surface area contributed by atoms with Gasteiger partial charge in [-0.2, -0.15) is 0 Å². The van der Waals surface area contributed by atoms with E-state index in [1.165, 1.54) is 24.2 Å². The summed E-state index contributed by atoms with van der Waals surface area (Å²) in [6, 6.07) is 8.98. The average Bonchev–Trinajstić information content (AvgIpc) is 2.92. The lowest BCUT2D eigenvalue weighted by Gasteiger charge is -2.32. The molecule has 1 aromatic carbocycles. The summed E-state index contributed by atoms with van der Waals surface area (Å²) < 4.78 is 0. The highest BCUT2D eigenvalue weighted by atomic mass is 15.4. The van der Waals surface area contributed by atoms with Crippen molar-refractivity contribution in [2.24, 2.45) is 5.73 Å². The van der Waals surface area contributed by atoms with Gasteiger partial charge in [-0.1, -0.05) is 56.3 Å². The molecule has 2 heterocycles. The number of rotatable bonds is 5. The zero-order chi connectivity index (χ0) is 15.5. The third-order valence-corrected chi connectivity index (χ3v) is 4.49.